The number of hydrogen-bond acceptors (Lipinski definition) is 4. The molecule has 0 saturated carbocycles. The lowest BCUT2D eigenvalue weighted by molar-refractivity contribution is -0.117. The summed E-state index contributed by atoms with van der Waals surface area (Å²) in [7, 11) is 3.10. The van der Waals surface area contributed by atoms with Crippen molar-refractivity contribution in [1.82, 2.24) is 9.88 Å². The molecule has 7 heteroatoms. The molecule has 1 atom stereocenters. The lowest BCUT2D eigenvalue weighted by Crippen LogP contribution is -2.36. The average Bonchev–Trinajstić information content (AvgIpc) is 3.48. The van der Waals surface area contributed by atoms with Crippen molar-refractivity contribution in [3.63, 3.8) is 0 Å². The monoisotopic (exact) mass is 517 g/mol. The van der Waals surface area contributed by atoms with Crippen molar-refractivity contribution < 1.29 is 19.1 Å². The first-order chi connectivity index (χ1) is 19.1. The van der Waals surface area contributed by atoms with E-state index in [2.05, 4.69) is 16.4 Å². The van der Waals surface area contributed by atoms with Gasteiger partial charge in [0, 0.05) is 28.1 Å². The van der Waals surface area contributed by atoms with Crippen LogP contribution in [-0.2, 0) is 4.79 Å². The third-order valence-corrected chi connectivity index (χ3v) is 7.14. The van der Waals surface area contributed by atoms with Crippen molar-refractivity contribution in [3.8, 4) is 22.8 Å². The standard InChI is InChI=1S/C32H27N3O4/c1-38-21-16-17-26(27(18-21)39-2)33-28(36)19-35-31(22-12-6-7-13-23(22)32(35)37)29-24-14-8-9-15-25(24)34-30(29)20-10-4-3-5-11-20/h3-18,31,34H,19H2,1-2H3,(H,33,36)/t31-/m0/s1. The number of benzene rings is 4. The lowest BCUT2D eigenvalue weighted by Gasteiger charge is -2.26. The Bertz CT molecular complexity index is 1690. The molecule has 0 radical (unpaired) electrons. The molecule has 39 heavy (non-hydrogen) atoms. The number of nitrogens with one attached hydrogen (secondary N) is 2. The molecule has 7 nitrogen and oxygen atoms in total. The number of aromatic amines is 1. The highest BCUT2D eigenvalue weighted by Gasteiger charge is 2.41. The van der Waals surface area contributed by atoms with Gasteiger partial charge in [0.2, 0.25) is 5.91 Å². The van der Waals surface area contributed by atoms with Crippen LogP contribution in [0.1, 0.15) is 27.5 Å². The minimum absolute atomic E-state index is 0.138. The van der Waals surface area contributed by atoms with Crippen LogP contribution in [0.2, 0.25) is 0 Å². The van der Waals surface area contributed by atoms with Crippen molar-refractivity contribution in [2.45, 2.75) is 6.04 Å². The number of methoxy groups -OCH3 is 2. The van der Waals surface area contributed by atoms with E-state index in [9.17, 15) is 9.59 Å². The van der Waals surface area contributed by atoms with Gasteiger partial charge in [-0.3, -0.25) is 9.59 Å². The van der Waals surface area contributed by atoms with E-state index >= 15 is 0 Å². The maximum absolute atomic E-state index is 13.8. The summed E-state index contributed by atoms with van der Waals surface area (Å²) >= 11 is 0. The van der Waals surface area contributed by atoms with Gasteiger partial charge in [-0.05, 0) is 35.4 Å². The van der Waals surface area contributed by atoms with Crippen LogP contribution in [0.3, 0.4) is 0 Å². The van der Waals surface area contributed by atoms with Crippen molar-refractivity contribution in [3.05, 3.63) is 114 Å². The quantitative estimate of drug-likeness (QED) is 0.276. The van der Waals surface area contributed by atoms with Crippen LogP contribution >= 0.6 is 0 Å². The summed E-state index contributed by atoms with van der Waals surface area (Å²) in [5.74, 6) is 0.573. The number of carbonyl (C=O) groups excluding carboxylic acids is 2. The molecule has 2 heterocycles. The highest BCUT2D eigenvalue weighted by molar-refractivity contribution is 6.05. The minimum Gasteiger partial charge on any atom is -0.497 e. The van der Waals surface area contributed by atoms with E-state index in [1.165, 1.54) is 7.11 Å². The molecule has 1 aromatic heterocycles. The largest absolute Gasteiger partial charge is 0.497 e. The van der Waals surface area contributed by atoms with Crippen molar-refractivity contribution in [2.24, 2.45) is 0 Å². The van der Waals surface area contributed by atoms with Gasteiger partial charge >= 0.3 is 0 Å². The molecule has 0 unspecified atom stereocenters. The van der Waals surface area contributed by atoms with E-state index in [4.69, 9.17) is 9.47 Å². The number of nitrogens with zero attached hydrogens (tertiary/aromatic N) is 1. The highest BCUT2D eigenvalue weighted by Crippen LogP contribution is 2.45. The Morgan fingerprint density at radius 1 is 0.897 bits per heavy atom. The highest BCUT2D eigenvalue weighted by atomic mass is 16.5. The fraction of sp³-hybridized carbons (Fsp3) is 0.125. The van der Waals surface area contributed by atoms with Gasteiger partial charge in [0.1, 0.15) is 18.0 Å². The number of anilines is 1. The molecule has 5 aromatic rings. The Labute approximate surface area is 226 Å². The molecular formula is C32H27N3O4. The smallest absolute Gasteiger partial charge is 0.255 e. The predicted octanol–water partition coefficient (Wildman–Crippen LogP) is 6.04. The molecule has 194 valence electrons. The fourth-order valence-electron chi connectivity index (χ4n) is 5.37. The molecule has 0 saturated heterocycles. The first kappa shape index (κ1) is 24.3. The van der Waals surface area contributed by atoms with Gasteiger partial charge in [-0.15, -0.1) is 0 Å². The molecule has 6 rings (SSSR count). The van der Waals surface area contributed by atoms with E-state index in [0.717, 1.165) is 33.3 Å². The van der Waals surface area contributed by atoms with Gasteiger partial charge in [0.25, 0.3) is 5.91 Å². The number of aromatic nitrogens is 1. The van der Waals surface area contributed by atoms with Gasteiger partial charge in [0.15, 0.2) is 0 Å². The van der Waals surface area contributed by atoms with E-state index in [1.54, 1.807) is 30.2 Å². The number of ether oxygens (including phenoxy) is 2. The number of hydrogen-bond donors (Lipinski definition) is 2. The molecule has 1 aliphatic heterocycles. The van der Waals surface area contributed by atoms with E-state index in [1.807, 2.05) is 72.8 Å². The van der Waals surface area contributed by atoms with Gasteiger partial charge in [-0.2, -0.15) is 0 Å². The Balaban J connectivity index is 1.43. The van der Waals surface area contributed by atoms with Gasteiger partial charge in [0.05, 0.1) is 31.6 Å². The number of rotatable bonds is 7. The molecule has 0 fully saturated rings. The van der Waals surface area contributed by atoms with Gasteiger partial charge < -0.3 is 24.7 Å². The molecule has 4 aromatic carbocycles. The van der Waals surface area contributed by atoms with Crippen LogP contribution in [0.5, 0.6) is 11.5 Å². The molecule has 1 aliphatic rings. The number of fused-ring (bicyclic) bond motifs is 2. The number of amides is 2. The Kier molecular flexibility index (Phi) is 6.25. The van der Waals surface area contributed by atoms with Crippen molar-refractivity contribution in [2.75, 3.05) is 26.1 Å². The van der Waals surface area contributed by atoms with E-state index in [-0.39, 0.29) is 18.4 Å². The fourth-order valence-corrected chi connectivity index (χ4v) is 5.37. The number of carbonyl (C=O) groups is 2. The summed E-state index contributed by atoms with van der Waals surface area (Å²) in [4.78, 5) is 32.4. The van der Waals surface area contributed by atoms with Crippen LogP contribution in [0.4, 0.5) is 5.69 Å². The van der Waals surface area contributed by atoms with Gasteiger partial charge in [-0.25, -0.2) is 0 Å². The molecular weight excluding hydrogens is 490 g/mol. The molecule has 2 N–H and O–H groups in total. The second-order valence-electron chi connectivity index (χ2n) is 9.36. The van der Waals surface area contributed by atoms with Crippen LogP contribution in [0.15, 0.2) is 97.1 Å². The molecule has 0 spiro atoms. The first-order valence-corrected chi connectivity index (χ1v) is 12.7. The second kappa shape index (κ2) is 10.0. The van der Waals surface area contributed by atoms with Crippen LogP contribution in [0.25, 0.3) is 22.2 Å². The predicted molar refractivity (Wildman–Crippen MR) is 151 cm³/mol. The van der Waals surface area contributed by atoms with Crippen LogP contribution in [0, 0.1) is 0 Å². The topological polar surface area (TPSA) is 83.7 Å². The zero-order valence-corrected chi connectivity index (χ0v) is 21.6. The van der Waals surface area contributed by atoms with E-state index in [0.29, 0.717) is 22.7 Å². The van der Waals surface area contributed by atoms with Gasteiger partial charge in [-0.1, -0.05) is 66.7 Å². The molecule has 0 aliphatic carbocycles. The third kappa shape index (κ3) is 4.28. The maximum Gasteiger partial charge on any atom is 0.255 e. The average molecular weight is 518 g/mol. The summed E-state index contributed by atoms with van der Waals surface area (Å²) < 4.78 is 10.7. The zero-order chi connectivity index (χ0) is 26.9. The minimum atomic E-state index is -0.455. The van der Waals surface area contributed by atoms with E-state index < -0.39 is 6.04 Å². The van der Waals surface area contributed by atoms with Crippen LogP contribution in [-0.4, -0.2) is 42.5 Å². The Hall–Kier alpha value is -5.04. The number of para-hydroxylation sites is 1. The normalized spacial score (nSPS) is 14.4. The Morgan fingerprint density at radius 3 is 2.44 bits per heavy atom. The molecule has 0 bridgehead atoms. The van der Waals surface area contributed by atoms with Crippen LogP contribution < -0.4 is 14.8 Å². The lowest BCUT2D eigenvalue weighted by atomic mass is 9.93. The van der Waals surface area contributed by atoms with Crippen molar-refractivity contribution >= 4 is 28.4 Å². The summed E-state index contributed by atoms with van der Waals surface area (Å²) in [5, 5.41) is 3.92. The summed E-state index contributed by atoms with van der Waals surface area (Å²) in [6, 6.07) is 30.4. The summed E-state index contributed by atoms with van der Waals surface area (Å²) in [6.45, 7) is -0.138. The van der Waals surface area contributed by atoms with Crippen molar-refractivity contribution in [1.29, 1.82) is 0 Å². The third-order valence-electron chi connectivity index (χ3n) is 7.14. The summed E-state index contributed by atoms with van der Waals surface area (Å²) in [5.41, 5.74) is 5.84. The zero-order valence-electron chi connectivity index (χ0n) is 21.6. The number of H-pyrrole nitrogens is 1. The second-order valence-corrected chi connectivity index (χ2v) is 9.36. The first-order valence-electron chi connectivity index (χ1n) is 12.7. The summed E-state index contributed by atoms with van der Waals surface area (Å²) in [6.07, 6.45) is 0. The maximum atomic E-state index is 13.8. The SMILES string of the molecule is COc1ccc(NC(=O)CN2C(=O)c3ccccc3[C@H]2c2c(-c3ccccc3)[nH]c3ccccc23)c(OC)c1. The Morgan fingerprint density at radius 2 is 1.64 bits per heavy atom. The molecule has 2 amide bonds.